The number of anilines is 2. The van der Waals surface area contributed by atoms with Crippen LogP contribution in [0.15, 0.2) is 12.3 Å². The molecular formula is C12H19N3O3. The van der Waals surface area contributed by atoms with Crippen LogP contribution in [0, 0.1) is 0 Å². The number of esters is 1. The highest BCUT2D eigenvalue weighted by atomic mass is 16.5. The number of methoxy groups -OCH3 is 1. The van der Waals surface area contributed by atoms with Gasteiger partial charge in [-0.3, -0.25) is 0 Å². The molecule has 0 unspecified atom stereocenters. The van der Waals surface area contributed by atoms with E-state index >= 15 is 0 Å². The van der Waals surface area contributed by atoms with Gasteiger partial charge >= 0.3 is 5.97 Å². The molecule has 1 aromatic heterocycles. The van der Waals surface area contributed by atoms with Gasteiger partial charge in [-0.05, 0) is 12.5 Å². The number of ether oxygens (including phenoxy) is 1. The smallest absolute Gasteiger partial charge is 0.340 e. The lowest BCUT2D eigenvalue weighted by atomic mass is 10.2. The SMILES string of the molecule is CCCN(CCO)c1nccc(C(=O)OC)c1N. The highest BCUT2D eigenvalue weighted by Crippen LogP contribution is 2.24. The number of pyridine rings is 1. The van der Waals surface area contributed by atoms with Gasteiger partial charge in [0.05, 0.1) is 25.0 Å². The van der Waals surface area contributed by atoms with E-state index in [4.69, 9.17) is 10.8 Å². The predicted molar refractivity (Wildman–Crippen MR) is 69.6 cm³/mol. The first-order chi connectivity index (χ1) is 8.65. The van der Waals surface area contributed by atoms with E-state index in [0.29, 0.717) is 24.5 Å². The average Bonchev–Trinajstić information content (AvgIpc) is 2.38. The number of hydrogen-bond acceptors (Lipinski definition) is 6. The second kappa shape index (κ2) is 6.80. The number of nitrogen functional groups attached to an aromatic ring is 1. The molecule has 0 saturated carbocycles. The van der Waals surface area contributed by atoms with Crippen molar-refractivity contribution in [1.29, 1.82) is 0 Å². The van der Waals surface area contributed by atoms with Gasteiger partial charge in [0.15, 0.2) is 5.82 Å². The summed E-state index contributed by atoms with van der Waals surface area (Å²) in [6, 6.07) is 1.52. The van der Waals surface area contributed by atoms with E-state index in [2.05, 4.69) is 9.72 Å². The fraction of sp³-hybridized carbons (Fsp3) is 0.500. The first kappa shape index (κ1) is 14.2. The molecule has 0 bridgehead atoms. The number of hydrogen-bond donors (Lipinski definition) is 2. The molecule has 1 heterocycles. The summed E-state index contributed by atoms with van der Waals surface area (Å²) in [4.78, 5) is 17.6. The fourth-order valence-corrected chi connectivity index (χ4v) is 1.72. The molecule has 0 aromatic carbocycles. The van der Waals surface area contributed by atoms with E-state index in [1.807, 2.05) is 11.8 Å². The van der Waals surface area contributed by atoms with E-state index in [0.717, 1.165) is 6.42 Å². The van der Waals surface area contributed by atoms with Crippen LogP contribution < -0.4 is 10.6 Å². The molecule has 1 aromatic rings. The van der Waals surface area contributed by atoms with Gasteiger partial charge in [0, 0.05) is 19.3 Å². The zero-order valence-corrected chi connectivity index (χ0v) is 10.7. The second-order valence-corrected chi connectivity index (χ2v) is 3.80. The molecule has 0 spiro atoms. The van der Waals surface area contributed by atoms with Crippen LogP contribution in [0.2, 0.25) is 0 Å². The Hall–Kier alpha value is -1.82. The molecule has 0 atom stereocenters. The van der Waals surface area contributed by atoms with Crippen LogP contribution in [0.3, 0.4) is 0 Å². The molecule has 3 N–H and O–H groups in total. The summed E-state index contributed by atoms with van der Waals surface area (Å²) >= 11 is 0. The third-order valence-corrected chi connectivity index (χ3v) is 2.54. The Morgan fingerprint density at radius 3 is 2.83 bits per heavy atom. The molecule has 0 fully saturated rings. The first-order valence-corrected chi connectivity index (χ1v) is 5.84. The highest BCUT2D eigenvalue weighted by molar-refractivity contribution is 5.97. The van der Waals surface area contributed by atoms with E-state index in [-0.39, 0.29) is 12.3 Å². The van der Waals surface area contributed by atoms with Crippen LogP contribution in [-0.2, 0) is 4.74 Å². The summed E-state index contributed by atoms with van der Waals surface area (Å²) in [6.07, 6.45) is 2.40. The standard InChI is InChI=1S/C12H19N3O3/c1-3-6-15(7-8-16)11-10(13)9(4-5-14-11)12(17)18-2/h4-5,16H,3,6-8,13H2,1-2H3. The van der Waals surface area contributed by atoms with Crippen molar-refractivity contribution < 1.29 is 14.6 Å². The van der Waals surface area contributed by atoms with Crippen molar-refractivity contribution in [3.63, 3.8) is 0 Å². The summed E-state index contributed by atoms with van der Waals surface area (Å²) in [7, 11) is 1.30. The Bertz CT molecular complexity index is 404. The lowest BCUT2D eigenvalue weighted by Crippen LogP contribution is -2.29. The van der Waals surface area contributed by atoms with Crippen LogP contribution in [0.1, 0.15) is 23.7 Å². The van der Waals surface area contributed by atoms with Crippen LogP contribution in [0.25, 0.3) is 0 Å². The van der Waals surface area contributed by atoms with Gasteiger partial charge in [-0.15, -0.1) is 0 Å². The van der Waals surface area contributed by atoms with Crippen molar-refractivity contribution in [1.82, 2.24) is 4.98 Å². The minimum Gasteiger partial charge on any atom is -0.465 e. The number of carbonyl (C=O) groups excluding carboxylic acids is 1. The number of rotatable bonds is 6. The summed E-state index contributed by atoms with van der Waals surface area (Å²) in [5, 5.41) is 9.04. The molecule has 0 aliphatic carbocycles. The maximum Gasteiger partial charge on any atom is 0.340 e. The number of aromatic nitrogens is 1. The van der Waals surface area contributed by atoms with Crippen molar-refractivity contribution in [3.8, 4) is 0 Å². The van der Waals surface area contributed by atoms with Crippen LogP contribution in [0.4, 0.5) is 11.5 Å². The summed E-state index contributed by atoms with van der Waals surface area (Å²) in [5.41, 5.74) is 6.51. The predicted octanol–water partition coefficient (Wildman–Crippen LogP) is 0.659. The van der Waals surface area contributed by atoms with Gasteiger partial charge < -0.3 is 20.5 Å². The molecule has 0 saturated heterocycles. The molecule has 0 amide bonds. The first-order valence-electron chi connectivity index (χ1n) is 5.84. The minimum absolute atomic E-state index is 0.00354. The van der Waals surface area contributed by atoms with E-state index in [1.54, 1.807) is 0 Å². The number of nitrogens with two attached hydrogens (primary N) is 1. The quantitative estimate of drug-likeness (QED) is 0.724. The zero-order chi connectivity index (χ0) is 13.5. The number of aliphatic hydroxyl groups is 1. The summed E-state index contributed by atoms with van der Waals surface area (Å²) < 4.78 is 4.66. The topological polar surface area (TPSA) is 88.7 Å². The Balaban J connectivity index is 3.10. The number of carbonyl (C=O) groups is 1. The molecule has 0 aliphatic heterocycles. The fourth-order valence-electron chi connectivity index (χ4n) is 1.72. The van der Waals surface area contributed by atoms with E-state index in [9.17, 15) is 4.79 Å². The molecule has 100 valence electrons. The van der Waals surface area contributed by atoms with Gasteiger partial charge in [-0.2, -0.15) is 0 Å². The molecule has 6 heteroatoms. The number of aliphatic hydroxyl groups excluding tert-OH is 1. The van der Waals surface area contributed by atoms with Gasteiger partial charge in [0.25, 0.3) is 0 Å². The normalized spacial score (nSPS) is 10.2. The molecule has 6 nitrogen and oxygen atoms in total. The second-order valence-electron chi connectivity index (χ2n) is 3.80. The third-order valence-electron chi connectivity index (χ3n) is 2.54. The van der Waals surface area contributed by atoms with Crippen LogP contribution >= 0.6 is 0 Å². The minimum atomic E-state index is -0.489. The molecule has 18 heavy (non-hydrogen) atoms. The molecule has 1 rings (SSSR count). The maximum absolute atomic E-state index is 11.5. The van der Waals surface area contributed by atoms with E-state index in [1.165, 1.54) is 19.4 Å². The van der Waals surface area contributed by atoms with Gasteiger partial charge in [0.2, 0.25) is 0 Å². The Morgan fingerprint density at radius 1 is 1.56 bits per heavy atom. The largest absolute Gasteiger partial charge is 0.465 e. The van der Waals surface area contributed by atoms with Gasteiger partial charge in [-0.1, -0.05) is 6.92 Å². The van der Waals surface area contributed by atoms with Crippen LogP contribution in [0.5, 0.6) is 0 Å². The van der Waals surface area contributed by atoms with Crippen molar-refractivity contribution >= 4 is 17.5 Å². The van der Waals surface area contributed by atoms with Crippen molar-refractivity contribution in [2.75, 3.05) is 37.4 Å². The van der Waals surface area contributed by atoms with Crippen molar-refractivity contribution in [3.05, 3.63) is 17.8 Å². The number of nitrogens with zero attached hydrogens (tertiary/aromatic N) is 2. The lowest BCUT2D eigenvalue weighted by Gasteiger charge is -2.24. The maximum atomic E-state index is 11.5. The van der Waals surface area contributed by atoms with Crippen molar-refractivity contribution in [2.24, 2.45) is 0 Å². The van der Waals surface area contributed by atoms with E-state index < -0.39 is 5.97 Å². The van der Waals surface area contributed by atoms with Gasteiger partial charge in [-0.25, -0.2) is 9.78 Å². The summed E-state index contributed by atoms with van der Waals surface area (Å²) in [5.74, 6) is 0.0189. The lowest BCUT2D eigenvalue weighted by molar-refractivity contribution is 0.0602. The molecule has 0 radical (unpaired) electrons. The third kappa shape index (κ3) is 3.10. The monoisotopic (exact) mass is 253 g/mol. The zero-order valence-electron chi connectivity index (χ0n) is 10.7. The Labute approximate surface area is 106 Å². The van der Waals surface area contributed by atoms with Crippen molar-refractivity contribution in [2.45, 2.75) is 13.3 Å². The summed E-state index contributed by atoms with van der Waals surface area (Å²) in [6.45, 7) is 3.16. The Morgan fingerprint density at radius 2 is 2.28 bits per heavy atom. The van der Waals surface area contributed by atoms with Gasteiger partial charge in [0.1, 0.15) is 0 Å². The molecule has 0 aliphatic rings. The van der Waals surface area contributed by atoms with Crippen LogP contribution in [-0.4, -0.2) is 42.9 Å². The molecular weight excluding hydrogens is 234 g/mol. The highest BCUT2D eigenvalue weighted by Gasteiger charge is 2.17. The Kier molecular flexibility index (Phi) is 5.38. The average molecular weight is 253 g/mol.